The monoisotopic (exact) mass is 258 g/mol. The Morgan fingerprint density at radius 1 is 1.21 bits per heavy atom. The number of nitrogens with two attached hydrogens (primary N) is 1. The molecule has 0 bridgehead atoms. The number of hydrogen-bond acceptors (Lipinski definition) is 3. The van der Waals surface area contributed by atoms with E-state index in [9.17, 15) is 0 Å². The van der Waals surface area contributed by atoms with Crippen LogP contribution in [0.4, 0.5) is 0 Å². The summed E-state index contributed by atoms with van der Waals surface area (Å²) < 4.78 is 1.92. The van der Waals surface area contributed by atoms with Crippen molar-refractivity contribution in [2.75, 3.05) is 6.54 Å². The molecule has 0 fully saturated rings. The Kier molecular flexibility index (Phi) is 4.68. The van der Waals surface area contributed by atoms with Crippen molar-refractivity contribution in [1.82, 2.24) is 15.0 Å². The molecule has 0 aliphatic heterocycles. The van der Waals surface area contributed by atoms with Crippen LogP contribution >= 0.6 is 0 Å². The Bertz CT molecular complexity index is 531. The molecule has 1 aromatic heterocycles. The maximum atomic E-state index is 5.49. The molecule has 0 amide bonds. The zero-order valence-corrected chi connectivity index (χ0v) is 11.8. The van der Waals surface area contributed by atoms with E-state index in [-0.39, 0.29) is 0 Å². The number of nitrogens with zero attached hydrogens (tertiary/aromatic N) is 3. The molecule has 0 saturated heterocycles. The first-order chi connectivity index (χ1) is 9.19. The van der Waals surface area contributed by atoms with E-state index in [2.05, 4.69) is 42.4 Å². The Hall–Kier alpha value is -1.68. The summed E-state index contributed by atoms with van der Waals surface area (Å²) in [6.45, 7) is 5.78. The highest BCUT2D eigenvalue weighted by atomic mass is 15.4. The summed E-state index contributed by atoms with van der Waals surface area (Å²) in [6.07, 6.45) is 5.13. The lowest BCUT2D eigenvalue weighted by molar-refractivity contribution is 0.646. The molecule has 2 aromatic rings. The third-order valence-electron chi connectivity index (χ3n) is 3.31. The van der Waals surface area contributed by atoms with Crippen LogP contribution in [0, 0.1) is 13.8 Å². The van der Waals surface area contributed by atoms with Crippen molar-refractivity contribution in [1.29, 1.82) is 0 Å². The van der Waals surface area contributed by atoms with E-state index in [4.69, 9.17) is 5.73 Å². The Labute approximate surface area is 114 Å². The fraction of sp³-hybridized carbons (Fsp3) is 0.467. The van der Waals surface area contributed by atoms with E-state index < -0.39 is 0 Å². The average Bonchev–Trinajstić information content (AvgIpc) is 2.82. The van der Waals surface area contributed by atoms with Gasteiger partial charge in [0.2, 0.25) is 0 Å². The van der Waals surface area contributed by atoms with Gasteiger partial charge in [0.05, 0.1) is 12.2 Å². The first-order valence-corrected chi connectivity index (χ1v) is 6.84. The minimum atomic E-state index is 0.747. The molecule has 0 aliphatic rings. The molecule has 0 radical (unpaired) electrons. The number of benzene rings is 1. The van der Waals surface area contributed by atoms with Gasteiger partial charge in [0, 0.05) is 6.20 Å². The van der Waals surface area contributed by atoms with Gasteiger partial charge >= 0.3 is 0 Å². The molecule has 0 spiro atoms. The molecular formula is C15H22N4. The fourth-order valence-corrected chi connectivity index (χ4v) is 2.13. The van der Waals surface area contributed by atoms with Gasteiger partial charge in [-0.3, -0.25) is 0 Å². The lowest BCUT2D eigenvalue weighted by Crippen LogP contribution is -2.02. The minimum absolute atomic E-state index is 0.747. The molecule has 102 valence electrons. The van der Waals surface area contributed by atoms with Crippen LogP contribution in [-0.2, 0) is 13.0 Å². The van der Waals surface area contributed by atoms with Gasteiger partial charge in [-0.15, -0.1) is 5.10 Å². The van der Waals surface area contributed by atoms with Crippen LogP contribution in [0.25, 0.3) is 0 Å². The van der Waals surface area contributed by atoms with Crippen LogP contribution in [0.1, 0.15) is 35.2 Å². The van der Waals surface area contributed by atoms with Crippen LogP contribution in [0.2, 0.25) is 0 Å². The lowest BCUT2D eigenvalue weighted by atomic mass is 10.1. The van der Waals surface area contributed by atoms with Gasteiger partial charge in [0.15, 0.2) is 0 Å². The van der Waals surface area contributed by atoms with Crippen LogP contribution in [0.15, 0.2) is 24.4 Å². The fourth-order valence-electron chi connectivity index (χ4n) is 2.13. The predicted molar refractivity (Wildman–Crippen MR) is 77.0 cm³/mol. The van der Waals surface area contributed by atoms with E-state index in [1.165, 1.54) is 16.7 Å². The standard InChI is InChI=1S/C15H22N4/c1-12-6-7-13(2)14(9-12)10-19-11-15(17-18-19)5-3-4-8-16/h6-7,9,11H,3-5,8,10,16H2,1-2H3. The van der Waals surface area contributed by atoms with Gasteiger partial charge in [-0.25, -0.2) is 4.68 Å². The van der Waals surface area contributed by atoms with Gasteiger partial charge < -0.3 is 5.73 Å². The number of hydrogen-bond donors (Lipinski definition) is 1. The number of unbranched alkanes of at least 4 members (excludes halogenated alkanes) is 1. The molecule has 4 heteroatoms. The SMILES string of the molecule is Cc1ccc(C)c(Cn2cc(CCCCN)nn2)c1. The van der Waals surface area contributed by atoms with E-state index in [1.807, 2.05) is 10.9 Å². The molecule has 0 saturated carbocycles. The van der Waals surface area contributed by atoms with Gasteiger partial charge in [0.25, 0.3) is 0 Å². The Balaban J connectivity index is 2.01. The largest absolute Gasteiger partial charge is 0.330 e. The normalized spacial score (nSPS) is 10.9. The number of aryl methyl sites for hydroxylation is 3. The second-order valence-corrected chi connectivity index (χ2v) is 5.08. The van der Waals surface area contributed by atoms with Crippen molar-refractivity contribution < 1.29 is 0 Å². The topological polar surface area (TPSA) is 56.7 Å². The van der Waals surface area contributed by atoms with Crippen LogP contribution in [0.5, 0.6) is 0 Å². The van der Waals surface area contributed by atoms with Crippen LogP contribution in [-0.4, -0.2) is 21.5 Å². The zero-order valence-electron chi connectivity index (χ0n) is 11.8. The van der Waals surface area contributed by atoms with E-state index in [0.29, 0.717) is 0 Å². The quantitative estimate of drug-likeness (QED) is 0.808. The second-order valence-electron chi connectivity index (χ2n) is 5.08. The van der Waals surface area contributed by atoms with Gasteiger partial charge in [-0.2, -0.15) is 0 Å². The van der Waals surface area contributed by atoms with Gasteiger partial charge in [-0.05, 0) is 50.8 Å². The summed E-state index contributed by atoms with van der Waals surface area (Å²) >= 11 is 0. The molecule has 2 rings (SSSR count). The van der Waals surface area contributed by atoms with E-state index in [1.54, 1.807) is 0 Å². The molecule has 19 heavy (non-hydrogen) atoms. The average molecular weight is 258 g/mol. The molecule has 0 unspecified atom stereocenters. The summed E-state index contributed by atoms with van der Waals surface area (Å²) in [7, 11) is 0. The summed E-state index contributed by atoms with van der Waals surface area (Å²) in [6, 6.07) is 6.51. The first kappa shape index (κ1) is 13.7. The van der Waals surface area contributed by atoms with Gasteiger partial charge in [-0.1, -0.05) is 29.0 Å². The Morgan fingerprint density at radius 2 is 2.05 bits per heavy atom. The van der Waals surface area contributed by atoms with Crippen molar-refractivity contribution >= 4 is 0 Å². The van der Waals surface area contributed by atoms with Crippen molar-refractivity contribution in [2.45, 2.75) is 39.7 Å². The van der Waals surface area contributed by atoms with Crippen LogP contribution in [0.3, 0.4) is 0 Å². The van der Waals surface area contributed by atoms with Gasteiger partial charge in [0.1, 0.15) is 0 Å². The zero-order chi connectivity index (χ0) is 13.7. The summed E-state index contributed by atoms with van der Waals surface area (Å²) in [5.74, 6) is 0. The molecule has 1 heterocycles. The van der Waals surface area contributed by atoms with Crippen molar-refractivity contribution in [3.05, 3.63) is 46.8 Å². The maximum Gasteiger partial charge on any atom is 0.0827 e. The Morgan fingerprint density at radius 3 is 2.84 bits per heavy atom. The highest BCUT2D eigenvalue weighted by molar-refractivity contribution is 5.30. The minimum Gasteiger partial charge on any atom is -0.330 e. The van der Waals surface area contributed by atoms with E-state index >= 15 is 0 Å². The summed E-state index contributed by atoms with van der Waals surface area (Å²) in [5, 5.41) is 8.40. The third kappa shape index (κ3) is 3.89. The van der Waals surface area contributed by atoms with Crippen molar-refractivity contribution in [3.8, 4) is 0 Å². The van der Waals surface area contributed by atoms with Crippen molar-refractivity contribution in [2.24, 2.45) is 5.73 Å². The number of rotatable bonds is 6. The molecule has 4 nitrogen and oxygen atoms in total. The maximum absolute atomic E-state index is 5.49. The first-order valence-electron chi connectivity index (χ1n) is 6.84. The second kappa shape index (κ2) is 6.48. The molecule has 1 aromatic carbocycles. The molecular weight excluding hydrogens is 236 g/mol. The summed E-state index contributed by atoms with van der Waals surface area (Å²) in [4.78, 5) is 0. The van der Waals surface area contributed by atoms with Crippen molar-refractivity contribution in [3.63, 3.8) is 0 Å². The van der Waals surface area contributed by atoms with E-state index in [0.717, 1.165) is 38.0 Å². The smallest absolute Gasteiger partial charge is 0.0827 e. The molecule has 2 N–H and O–H groups in total. The highest BCUT2D eigenvalue weighted by Crippen LogP contribution is 2.12. The number of aromatic nitrogens is 3. The predicted octanol–water partition coefficient (Wildman–Crippen LogP) is 2.22. The lowest BCUT2D eigenvalue weighted by Gasteiger charge is -2.06. The highest BCUT2D eigenvalue weighted by Gasteiger charge is 2.04. The van der Waals surface area contributed by atoms with Crippen LogP contribution < -0.4 is 5.73 Å². The molecule has 0 aliphatic carbocycles. The third-order valence-corrected chi connectivity index (χ3v) is 3.31. The summed E-state index contributed by atoms with van der Waals surface area (Å²) in [5.41, 5.74) is 10.4. The molecule has 0 atom stereocenters.